The molecule has 2 rings (SSSR count). The van der Waals surface area contributed by atoms with Gasteiger partial charge >= 0.3 is 0 Å². The quantitative estimate of drug-likeness (QED) is 0.215. The minimum atomic E-state index is -4.02. The van der Waals surface area contributed by atoms with Crippen molar-refractivity contribution in [1.82, 2.24) is 5.48 Å². The van der Waals surface area contributed by atoms with Gasteiger partial charge in [0.1, 0.15) is 5.75 Å². The van der Waals surface area contributed by atoms with Crippen molar-refractivity contribution in [2.24, 2.45) is 15.9 Å². The molecule has 0 spiro atoms. The van der Waals surface area contributed by atoms with E-state index < -0.39 is 10.1 Å². The molecule has 146 valence electrons. The largest absolute Gasteiger partial charge is 0.506 e. The predicted octanol–water partition coefficient (Wildman–Crippen LogP) is 2.57. The number of hydrogen-bond donors (Lipinski definition) is 5. The smallest absolute Gasteiger partial charge is 0.294 e. The van der Waals surface area contributed by atoms with Crippen LogP contribution in [0.25, 0.3) is 0 Å². The maximum atomic E-state index is 10.5. The first kappa shape index (κ1) is 22.7. The Bertz CT molecular complexity index is 947. The Labute approximate surface area is 165 Å². The van der Waals surface area contributed by atoms with E-state index in [1.165, 1.54) is 30.5 Å². The number of rotatable bonds is 3. The van der Waals surface area contributed by atoms with Crippen LogP contribution in [0, 0.1) is 6.92 Å². The molecule has 2 aromatic rings. The lowest BCUT2D eigenvalue weighted by atomic mass is 10.2. The van der Waals surface area contributed by atoms with E-state index in [9.17, 15) is 13.5 Å². The number of benzene rings is 2. The summed E-state index contributed by atoms with van der Waals surface area (Å²) in [4.78, 5) is -0.0666. The molecule has 0 bridgehead atoms. The van der Waals surface area contributed by atoms with Crippen molar-refractivity contribution in [3.63, 3.8) is 0 Å². The maximum absolute atomic E-state index is 10.5. The van der Waals surface area contributed by atoms with Gasteiger partial charge in [0.15, 0.2) is 0 Å². The topological polar surface area (TPSA) is 158 Å². The van der Waals surface area contributed by atoms with Crippen LogP contribution in [0.4, 0.5) is 0 Å². The average molecular weight is 435 g/mol. The second-order valence-corrected chi connectivity index (χ2v) is 7.22. The first-order chi connectivity index (χ1) is 12.5. The second-order valence-electron chi connectivity index (χ2n) is 4.96. The molecular weight excluding hydrogens is 419 g/mol. The number of nitrogens with two attached hydrogens (primary N) is 1. The Morgan fingerprint density at radius 3 is 2.33 bits per heavy atom. The highest BCUT2D eigenvalue weighted by Gasteiger charge is 2.07. The van der Waals surface area contributed by atoms with Crippen LogP contribution in [0.1, 0.15) is 11.1 Å². The molecule has 0 unspecified atom stereocenters. The standard InChI is InChI=1S/C8H8Cl2N4O2.C7H8O3S/c9-5-1-4(7(15)6(10)2-5)3-12-13-8(11)14-16;1-6-2-4-7(5-3-6)11(8,9)10/h1-3,15-16H,(H3,11,13,14);2-5H,1H3,(H,8,9,10)/b12-3+;. The summed E-state index contributed by atoms with van der Waals surface area (Å²) in [5.74, 6) is -0.454. The van der Waals surface area contributed by atoms with E-state index in [2.05, 4.69) is 10.2 Å². The lowest BCUT2D eigenvalue weighted by Gasteiger charge is -2.01. The van der Waals surface area contributed by atoms with Crippen LogP contribution in [0.5, 0.6) is 5.75 Å². The van der Waals surface area contributed by atoms with Gasteiger partial charge in [0.05, 0.1) is 16.1 Å². The summed E-state index contributed by atoms with van der Waals surface area (Å²) in [6, 6.07) is 8.83. The third kappa shape index (κ3) is 7.81. The molecule has 27 heavy (non-hydrogen) atoms. The number of hydrogen-bond acceptors (Lipinski definition) is 6. The highest BCUT2D eigenvalue weighted by molar-refractivity contribution is 7.85. The van der Waals surface area contributed by atoms with E-state index in [1.54, 1.807) is 17.6 Å². The van der Waals surface area contributed by atoms with Gasteiger partial charge in [-0.25, -0.2) is 5.48 Å². The molecule has 0 aromatic heterocycles. The molecule has 0 heterocycles. The number of guanidine groups is 1. The van der Waals surface area contributed by atoms with Crippen molar-refractivity contribution in [1.29, 1.82) is 0 Å². The SMILES string of the molecule is Cc1ccc(S(=O)(=O)O)cc1.N/C(=N/N=C/c1cc(Cl)cc(Cl)c1O)NO. The highest BCUT2D eigenvalue weighted by Crippen LogP contribution is 2.29. The van der Waals surface area contributed by atoms with E-state index in [-0.39, 0.29) is 27.2 Å². The maximum Gasteiger partial charge on any atom is 0.294 e. The van der Waals surface area contributed by atoms with Gasteiger partial charge in [-0.3, -0.25) is 9.76 Å². The van der Waals surface area contributed by atoms with Gasteiger partial charge < -0.3 is 10.8 Å². The highest BCUT2D eigenvalue weighted by atomic mass is 35.5. The zero-order valence-electron chi connectivity index (χ0n) is 13.8. The van der Waals surface area contributed by atoms with Gasteiger partial charge in [0.2, 0.25) is 5.96 Å². The van der Waals surface area contributed by atoms with Crippen molar-refractivity contribution in [2.75, 3.05) is 0 Å². The summed E-state index contributed by atoms with van der Waals surface area (Å²) in [7, 11) is -4.02. The van der Waals surface area contributed by atoms with Gasteiger partial charge in [-0.1, -0.05) is 40.9 Å². The average Bonchev–Trinajstić information content (AvgIpc) is 2.59. The molecule has 0 saturated carbocycles. The third-order valence-electron chi connectivity index (χ3n) is 2.85. The van der Waals surface area contributed by atoms with Gasteiger partial charge in [-0.2, -0.15) is 13.5 Å². The predicted molar refractivity (Wildman–Crippen MR) is 103 cm³/mol. The van der Waals surface area contributed by atoms with Crippen LogP contribution in [0.15, 0.2) is 51.5 Å². The second kappa shape index (κ2) is 10.1. The minimum Gasteiger partial charge on any atom is -0.506 e. The molecule has 2 aromatic carbocycles. The lowest BCUT2D eigenvalue weighted by molar-refractivity contribution is 0.232. The van der Waals surface area contributed by atoms with Crippen LogP contribution >= 0.6 is 23.2 Å². The summed E-state index contributed by atoms with van der Waals surface area (Å²) in [6.45, 7) is 1.84. The third-order valence-corrected chi connectivity index (χ3v) is 4.23. The van der Waals surface area contributed by atoms with Gasteiger partial charge in [-0.05, 0) is 31.2 Å². The normalized spacial score (nSPS) is 11.8. The Morgan fingerprint density at radius 1 is 1.22 bits per heavy atom. The molecular formula is C15H16Cl2N4O5S. The number of phenolic OH excluding ortho intramolecular Hbond substituents is 1. The van der Waals surface area contributed by atoms with Crippen LogP contribution in [-0.4, -0.2) is 35.5 Å². The lowest BCUT2D eigenvalue weighted by Crippen LogP contribution is -2.27. The molecule has 6 N–H and O–H groups in total. The molecule has 9 nitrogen and oxygen atoms in total. The molecule has 0 saturated heterocycles. The Balaban J connectivity index is 0.000000289. The van der Waals surface area contributed by atoms with E-state index in [0.717, 1.165) is 5.56 Å². The van der Waals surface area contributed by atoms with Crippen molar-refractivity contribution < 1.29 is 23.3 Å². The van der Waals surface area contributed by atoms with Crippen molar-refractivity contribution in [3.8, 4) is 5.75 Å². The van der Waals surface area contributed by atoms with Crippen LogP contribution in [0.3, 0.4) is 0 Å². The molecule has 12 heteroatoms. The Kier molecular flexibility index (Phi) is 8.47. The Hall–Kier alpha value is -2.37. The molecule has 0 fully saturated rings. The van der Waals surface area contributed by atoms with E-state index in [4.69, 9.17) is 38.7 Å². The number of phenols is 1. The molecule has 0 radical (unpaired) electrons. The summed E-state index contributed by atoms with van der Waals surface area (Å²) in [6.07, 6.45) is 1.19. The van der Waals surface area contributed by atoms with Crippen molar-refractivity contribution >= 4 is 45.5 Å². The zero-order chi connectivity index (χ0) is 20.6. The molecule has 0 aliphatic rings. The molecule has 0 atom stereocenters. The van der Waals surface area contributed by atoms with Gasteiger partial charge in [0.25, 0.3) is 10.1 Å². The fourth-order valence-corrected chi connectivity index (χ4v) is 2.56. The van der Waals surface area contributed by atoms with Crippen molar-refractivity contribution in [2.45, 2.75) is 11.8 Å². The first-order valence-corrected chi connectivity index (χ1v) is 9.23. The summed E-state index contributed by atoms with van der Waals surface area (Å²) in [5, 5.41) is 25.1. The van der Waals surface area contributed by atoms with Crippen molar-refractivity contribution in [3.05, 3.63) is 57.6 Å². The number of halogens is 2. The summed E-state index contributed by atoms with van der Waals surface area (Å²) >= 11 is 11.4. The number of hydroxylamine groups is 1. The summed E-state index contributed by atoms with van der Waals surface area (Å²) in [5.41, 5.74) is 7.92. The number of aryl methyl sites for hydroxylation is 1. The van der Waals surface area contributed by atoms with E-state index in [0.29, 0.717) is 5.02 Å². The molecule has 0 aliphatic heterocycles. The van der Waals surface area contributed by atoms with Gasteiger partial charge in [-0.15, -0.1) is 5.10 Å². The molecule has 0 aliphatic carbocycles. The van der Waals surface area contributed by atoms with Crippen LogP contribution < -0.4 is 11.2 Å². The van der Waals surface area contributed by atoms with Crippen LogP contribution in [-0.2, 0) is 10.1 Å². The first-order valence-electron chi connectivity index (χ1n) is 7.03. The number of aromatic hydroxyl groups is 1. The summed E-state index contributed by atoms with van der Waals surface area (Å²) < 4.78 is 29.6. The fourth-order valence-electron chi connectivity index (χ4n) is 1.57. The minimum absolute atomic E-state index is 0.0666. The monoisotopic (exact) mass is 434 g/mol. The van der Waals surface area contributed by atoms with Gasteiger partial charge in [0, 0.05) is 10.6 Å². The number of nitrogens with one attached hydrogen (secondary N) is 1. The molecule has 0 amide bonds. The fraction of sp³-hybridized carbons (Fsp3) is 0.0667. The number of nitrogens with zero attached hydrogens (tertiary/aromatic N) is 2. The van der Waals surface area contributed by atoms with Crippen LogP contribution in [0.2, 0.25) is 10.0 Å². The van der Waals surface area contributed by atoms with E-state index >= 15 is 0 Å². The zero-order valence-corrected chi connectivity index (χ0v) is 16.2. The van der Waals surface area contributed by atoms with E-state index in [1.807, 2.05) is 6.92 Å². The Morgan fingerprint density at radius 2 is 1.81 bits per heavy atom.